The molecule has 0 aromatic rings. The molecule has 0 atom stereocenters. The van der Waals surface area contributed by atoms with Gasteiger partial charge in [0.1, 0.15) is 0 Å². The van der Waals surface area contributed by atoms with Crippen molar-refractivity contribution in [3.8, 4) is 0 Å². The number of hydrogen-bond acceptors (Lipinski definition) is 9. The molecule has 0 heterocycles. The van der Waals surface area contributed by atoms with Gasteiger partial charge in [-0.3, -0.25) is 4.18 Å². The molecule has 0 bridgehead atoms. The van der Waals surface area contributed by atoms with Crippen molar-refractivity contribution in [3.05, 3.63) is 0 Å². The summed E-state index contributed by atoms with van der Waals surface area (Å²) in [6.45, 7) is -0.791. The second kappa shape index (κ2) is 11.2. The Labute approximate surface area is 145 Å². The van der Waals surface area contributed by atoms with Gasteiger partial charge in [-0.2, -0.15) is 39.5 Å². The summed E-state index contributed by atoms with van der Waals surface area (Å²) < 4.78 is 134. The van der Waals surface area contributed by atoms with Gasteiger partial charge >= 0.3 is 31.2 Å². The van der Waals surface area contributed by atoms with Crippen LogP contribution in [0.2, 0.25) is 0 Å². The van der Waals surface area contributed by atoms with Crippen molar-refractivity contribution < 1.29 is 55.8 Å². The van der Waals surface area contributed by atoms with Crippen LogP contribution in [0, 0.1) is 0 Å². The van der Waals surface area contributed by atoms with E-state index >= 15 is 0 Å². The Kier molecular flexibility index (Phi) is 12.9. The summed E-state index contributed by atoms with van der Waals surface area (Å²) >= 11 is 0. The minimum atomic E-state index is -5.50. The zero-order valence-electron chi connectivity index (χ0n) is 12.9. The highest BCUT2D eigenvalue weighted by molar-refractivity contribution is 7.90. The van der Waals surface area contributed by atoms with Crippen molar-refractivity contribution in [1.29, 1.82) is 0 Å². The summed E-state index contributed by atoms with van der Waals surface area (Å²) in [6.07, 6.45) is 0.675. The fourth-order valence-corrected chi connectivity index (χ4v) is 1.47. The molecule has 6 N–H and O–H groups in total. The van der Waals surface area contributed by atoms with Gasteiger partial charge in [-0.15, -0.1) is 0 Å². The van der Waals surface area contributed by atoms with E-state index in [4.69, 9.17) is 0 Å². The van der Waals surface area contributed by atoms with Gasteiger partial charge in [-0.25, -0.2) is 21.6 Å². The van der Waals surface area contributed by atoms with Gasteiger partial charge in [0.15, 0.2) is 0 Å². The van der Waals surface area contributed by atoms with Crippen molar-refractivity contribution in [3.63, 3.8) is 0 Å². The van der Waals surface area contributed by atoms with Crippen molar-refractivity contribution in [1.82, 2.24) is 9.44 Å². The van der Waals surface area contributed by atoms with Crippen LogP contribution < -0.4 is 20.9 Å². The second-order valence-electron chi connectivity index (χ2n) is 3.49. The van der Waals surface area contributed by atoms with E-state index in [2.05, 4.69) is 15.7 Å². The summed E-state index contributed by atoms with van der Waals surface area (Å²) in [5, 5.41) is 0. The van der Waals surface area contributed by atoms with Crippen LogP contribution in [-0.2, 0) is 34.3 Å². The maximum Gasteiger partial charge on any atom is 0.523 e. The highest BCUT2D eigenvalue weighted by Crippen LogP contribution is 2.23. The summed E-state index contributed by atoms with van der Waals surface area (Å²) in [5.74, 6) is 0. The molecule has 0 spiro atoms. The first kappa shape index (κ1) is 30.0. The monoisotopic (exact) mass is 466 g/mol. The molecule has 0 aliphatic rings. The number of alkyl halides is 6. The largest absolute Gasteiger partial charge is 0.523 e. The van der Waals surface area contributed by atoms with Gasteiger partial charge in [-0.05, 0) is 0 Å². The summed E-state index contributed by atoms with van der Waals surface area (Å²) in [5.41, 5.74) is -1.51. The van der Waals surface area contributed by atoms with E-state index in [9.17, 15) is 51.6 Å². The molecule has 0 fully saturated rings. The van der Waals surface area contributed by atoms with E-state index in [0.717, 1.165) is 4.72 Å². The third-order valence-electron chi connectivity index (χ3n) is 1.40. The minimum Gasteiger partial charge on any atom is -0.319 e. The van der Waals surface area contributed by atoms with E-state index in [1.54, 1.807) is 0 Å². The first-order chi connectivity index (χ1) is 11.2. The van der Waals surface area contributed by atoms with Gasteiger partial charge < -0.3 is 11.5 Å². The average molecular weight is 466 g/mol. The van der Waals surface area contributed by atoms with Crippen LogP contribution in [0.5, 0.6) is 0 Å². The van der Waals surface area contributed by atoms with Crippen LogP contribution in [0.15, 0.2) is 0 Å². The molecule has 0 saturated heterocycles. The van der Waals surface area contributed by atoms with Gasteiger partial charge in [0.25, 0.3) is 0 Å². The van der Waals surface area contributed by atoms with Gasteiger partial charge in [0.2, 0.25) is 10.0 Å². The number of nitrogens with two attached hydrogens (primary N) is 2. The first-order valence-corrected chi connectivity index (χ1v) is 10.2. The first-order valence-electron chi connectivity index (χ1n) is 5.46. The Hall–Kier alpha value is -0.770. The molecular formula is C6H16F6N4O7S3. The normalized spacial score (nSPS) is 13.2. The lowest BCUT2D eigenvalue weighted by Gasteiger charge is -2.08. The predicted molar refractivity (Wildman–Crippen MR) is 76.2 cm³/mol. The average Bonchev–Trinajstić information content (AvgIpc) is 2.35. The minimum absolute atomic E-state index is 0.250. The standard InChI is InChI=1S/C3H7F3N2O4S2.C2H3F3O3S.CH6N2/c1-13(9,10)7-2-8-14(11,12)3(4,5)6;1-8-9(6,7)2(3,4)5;2-1-3/h7-8H,2H2,1H3;1H3;1-3H2. The van der Waals surface area contributed by atoms with Crippen molar-refractivity contribution in [2.45, 2.75) is 11.0 Å². The molecule has 162 valence electrons. The zero-order chi connectivity index (χ0) is 22.0. The molecule has 0 radical (unpaired) electrons. The Morgan fingerprint density at radius 1 is 0.846 bits per heavy atom. The summed E-state index contributed by atoms with van der Waals surface area (Å²) in [4.78, 5) is 0. The van der Waals surface area contributed by atoms with Crippen molar-refractivity contribution >= 4 is 30.2 Å². The molecule has 0 aromatic heterocycles. The maximum absolute atomic E-state index is 11.6. The van der Waals surface area contributed by atoms with E-state index in [1.165, 1.54) is 4.72 Å². The molecule has 20 heteroatoms. The highest BCUT2D eigenvalue weighted by Gasteiger charge is 2.46. The molecular weight excluding hydrogens is 450 g/mol. The van der Waals surface area contributed by atoms with Crippen LogP contribution in [0.3, 0.4) is 0 Å². The summed E-state index contributed by atoms with van der Waals surface area (Å²) in [7, 11) is -14.1. The molecule has 0 aliphatic heterocycles. The second-order valence-corrected chi connectivity index (χ2v) is 8.78. The number of halogens is 6. The molecule has 0 saturated carbocycles. The Bertz CT molecular complexity index is 700. The predicted octanol–water partition coefficient (Wildman–Crippen LogP) is -1.72. The lowest BCUT2D eigenvalue weighted by molar-refractivity contribution is -0.0526. The van der Waals surface area contributed by atoms with Gasteiger partial charge in [0, 0.05) is 6.67 Å². The van der Waals surface area contributed by atoms with Crippen LogP contribution >= 0.6 is 0 Å². The Morgan fingerprint density at radius 2 is 1.19 bits per heavy atom. The van der Waals surface area contributed by atoms with E-state index in [1.807, 2.05) is 0 Å². The molecule has 11 nitrogen and oxygen atoms in total. The summed E-state index contributed by atoms with van der Waals surface area (Å²) in [6, 6.07) is 0. The maximum atomic E-state index is 11.6. The molecule has 0 unspecified atom stereocenters. The highest BCUT2D eigenvalue weighted by atomic mass is 32.2. The fourth-order valence-electron chi connectivity index (χ4n) is 0.432. The number of hydrogen-bond donors (Lipinski definition) is 4. The van der Waals surface area contributed by atoms with Crippen LogP contribution in [-0.4, -0.2) is 63.0 Å². The topological polar surface area (TPSA) is 188 Å². The van der Waals surface area contributed by atoms with E-state index in [-0.39, 0.29) is 6.67 Å². The molecule has 0 rings (SSSR count). The smallest absolute Gasteiger partial charge is 0.319 e. The number of sulfonamides is 2. The molecule has 0 aromatic carbocycles. The van der Waals surface area contributed by atoms with E-state index in [0.29, 0.717) is 13.4 Å². The molecule has 26 heavy (non-hydrogen) atoms. The SMILES string of the molecule is COS(=O)(=O)C(F)(F)F.CS(=O)(=O)NCNS(=O)(=O)C(F)(F)F.NCN. The van der Waals surface area contributed by atoms with Crippen molar-refractivity contribution in [2.75, 3.05) is 26.7 Å². The zero-order valence-corrected chi connectivity index (χ0v) is 15.4. The lowest BCUT2D eigenvalue weighted by atomic mass is 11.3. The van der Waals surface area contributed by atoms with Crippen molar-refractivity contribution in [2.24, 2.45) is 11.5 Å². The van der Waals surface area contributed by atoms with Crippen LogP contribution in [0.25, 0.3) is 0 Å². The quantitative estimate of drug-likeness (QED) is 0.158. The lowest BCUT2D eigenvalue weighted by Crippen LogP contribution is -2.42. The van der Waals surface area contributed by atoms with Gasteiger partial charge in [-0.1, -0.05) is 0 Å². The number of nitrogens with one attached hydrogen (secondary N) is 2. The van der Waals surface area contributed by atoms with Gasteiger partial charge in [0.05, 0.1) is 20.0 Å². The Morgan fingerprint density at radius 3 is 1.35 bits per heavy atom. The molecule has 0 amide bonds. The third kappa shape index (κ3) is 14.4. The van der Waals surface area contributed by atoms with E-state index < -0.39 is 47.9 Å². The Balaban J connectivity index is -0.000000377. The van der Waals surface area contributed by atoms with Crippen LogP contribution in [0.1, 0.15) is 0 Å². The third-order valence-corrected chi connectivity index (χ3v) is 4.21. The fraction of sp³-hybridized carbons (Fsp3) is 1.00. The molecule has 0 aliphatic carbocycles. The number of rotatable bonds is 5. The van der Waals surface area contributed by atoms with Crippen LogP contribution in [0.4, 0.5) is 26.3 Å².